The van der Waals surface area contributed by atoms with Crippen molar-refractivity contribution in [2.45, 2.75) is 6.92 Å². The van der Waals surface area contributed by atoms with Crippen LogP contribution in [0.2, 0.25) is 0 Å². The van der Waals surface area contributed by atoms with Crippen molar-refractivity contribution in [3.05, 3.63) is 112 Å². The zero-order valence-electron chi connectivity index (χ0n) is 18.1. The predicted molar refractivity (Wildman–Crippen MR) is 139 cm³/mol. The van der Waals surface area contributed by atoms with Gasteiger partial charge in [0.2, 0.25) is 0 Å². The molecule has 1 unspecified atom stereocenters. The first-order valence-corrected chi connectivity index (χ1v) is 10.4. The van der Waals surface area contributed by atoms with Gasteiger partial charge in [-0.3, -0.25) is 0 Å². The fraction of sp³-hybridized carbons (Fsp3) is 0.0667. The predicted octanol–water partition coefficient (Wildman–Crippen LogP) is 5.60. The zero-order chi connectivity index (χ0) is 22.1. The Kier molecular flexibility index (Phi) is 5.35. The summed E-state index contributed by atoms with van der Waals surface area (Å²) in [5, 5.41) is 3.87. The summed E-state index contributed by atoms with van der Waals surface area (Å²) in [4.78, 5) is 0. The average molecular weight is 402 g/mol. The molecule has 1 aromatic carbocycles. The number of fused-ring (bicyclic) bond motifs is 5. The van der Waals surface area contributed by atoms with E-state index in [4.69, 9.17) is 0 Å². The first-order chi connectivity index (χ1) is 14.9. The third-order valence-electron chi connectivity index (χ3n) is 5.73. The van der Waals surface area contributed by atoms with Crippen LogP contribution in [0, 0.1) is 5.92 Å². The van der Waals surface area contributed by atoms with Crippen LogP contribution >= 0.6 is 0 Å². The Morgan fingerprint density at radius 2 is 1.68 bits per heavy atom. The standard InChI is InChI=1S/C30H27N/c1-7-25-29-23(5)15-11-9-13-21(3)17-19-27(29)31-26-18-16-20(2)12-8-10-14-22(4)28(26)24(6)30(25)31/h7-20H,1,3-6H2,2H3/b12-8-,13-9?,14-10-,15-11?,18-16-,19-17?. The van der Waals surface area contributed by atoms with Crippen molar-refractivity contribution in [1.82, 2.24) is 4.40 Å². The number of aromatic nitrogens is 1. The molecule has 0 amide bonds. The Bertz CT molecular complexity index is 1520. The van der Waals surface area contributed by atoms with Crippen LogP contribution in [0.25, 0.3) is 53.9 Å². The van der Waals surface area contributed by atoms with Gasteiger partial charge in [0.1, 0.15) is 0 Å². The molecule has 3 aromatic rings. The van der Waals surface area contributed by atoms with Crippen molar-refractivity contribution >= 4 is 53.9 Å². The van der Waals surface area contributed by atoms with Gasteiger partial charge < -0.3 is 4.40 Å². The molecule has 0 saturated heterocycles. The van der Waals surface area contributed by atoms with Gasteiger partial charge >= 0.3 is 0 Å². The van der Waals surface area contributed by atoms with Gasteiger partial charge in [-0.1, -0.05) is 107 Å². The van der Waals surface area contributed by atoms with Crippen LogP contribution in [0.5, 0.6) is 0 Å². The minimum absolute atomic E-state index is 0.309. The summed E-state index contributed by atoms with van der Waals surface area (Å²) in [7, 11) is 0. The molecule has 1 heteroatoms. The van der Waals surface area contributed by atoms with Gasteiger partial charge in [0.15, 0.2) is 0 Å². The van der Waals surface area contributed by atoms with Gasteiger partial charge in [0.25, 0.3) is 0 Å². The molecule has 1 aliphatic rings. The van der Waals surface area contributed by atoms with Crippen molar-refractivity contribution in [2.24, 2.45) is 5.92 Å². The third kappa shape index (κ3) is 3.49. The van der Waals surface area contributed by atoms with Gasteiger partial charge in [-0.15, -0.1) is 0 Å². The molecule has 0 spiro atoms. The van der Waals surface area contributed by atoms with E-state index < -0.39 is 0 Å². The summed E-state index contributed by atoms with van der Waals surface area (Å²) in [5.74, 6) is 0.309. The molecule has 0 radical (unpaired) electrons. The van der Waals surface area contributed by atoms with Gasteiger partial charge in [0.05, 0.1) is 16.7 Å². The SMILES string of the molecule is C=Cc1c2c(=C)ccccc(=C)ccc2n2c3c(c(=C)c12)C(=C)/C=C\C=C/C(C)/C=C\3. The second-order valence-corrected chi connectivity index (χ2v) is 7.94. The summed E-state index contributed by atoms with van der Waals surface area (Å²) in [5.41, 5.74) is 6.19. The molecule has 1 nitrogen and oxygen atoms in total. The highest BCUT2D eigenvalue weighted by Crippen LogP contribution is 2.30. The third-order valence-corrected chi connectivity index (χ3v) is 5.73. The normalized spacial score (nSPS) is 18.9. The molecule has 0 bridgehead atoms. The van der Waals surface area contributed by atoms with Gasteiger partial charge in [0, 0.05) is 21.7 Å². The molecular formula is C30H27N. The molecule has 2 aromatic heterocycles. The number of rotatable bonds is 1. The summed E-state index contributed by atoms with van der Waals surface area (Å²) >= 11 is 0. The molecule has 31 heavy (non-hydrogen) atoms. The second kappa shape index (κ2) is 8.12. The molecular weight excluding hydrogens is 374 g/mol. The van der Waals surface area contributed by atoms with E-state index in [1.165, 1.54) is 0 Å². The van der Waals surface area contributed by atoms with Crippen molar-refractivity contribution < 1.29 is 0 Å². The fourth-order valence-corrected chi connectivity index (χ4v) is 4.23. The highest BCUT2D eigenvalue weighted by Gasteiger charge is 2.19. The van der Waals surface area contributed by atoms with Crippen LogP contribution in [0.3, 0.4) is 0 Å². The van der Waals surface area contributed by atoms with Crippen LogP contribution in [0.15, 0.2) is 79.9 Å². The smallest absolute Gasteiger partial charge is 0.0614 e. The Labute approximate surface area is 183 Å². The van der Waals surface area contributed by atoms with Crippen molar-refractivity contribution in [3.63, 3.8) is 0 Å². The van der Waals surface area contributed by atoms with E-state index in [9.17, 15) is 0 Å². The molecule has 1 aliphatic carbocycles. The van der Waals surface area contributed by atoms with Crippen LogP contribution in [-0.4, -0.2) is 4.40 Å². The average Bonchev–Trinajstić information content (AvgIpc) is 3.22. The number of hydrogen-bond acceptors (Lipinski definition) is 0. The Morgan fingerprint density at radius 1 is 0.903 bits per heavy atom. The summed E-state index contributed by atoms with van der Waals surface area (Å²) in [6, 6.07) is 12.1. The van der Waals surface area contributed by atoms with Crippen molar-refractivity contribution in [3.8, 4) is 0 Å². The highest BCUT2D eigenvalue weighted by molar-refractivity contribution is 6.01. The maximum atomic E-state index is 4.48. The lowest BCUT2D eigenvalue weighted by molar-refractivity contribution is 0.944. The van der Waals surface area contributed by atoms with Crippen molar-refractivity contribution in [2.75, 3.05) is 0 Å². The van der Waals surface area contributed by atoms with E-state index in [0.717, 1.165) is 54.5 Å². The topological polar surface area (TPSA) is 4.41 Å². The minimum atomic E-state index is 0.309. The lowest BCUT2D eigenvalue weighted by atomic mass is 10.0. The van der Waals surface area contributed by atoms with Crippen LogP contribution in [-0.2, 0) is 0 Å². The summed E-state index contributed by atoms with van der Waals surface area (Å²) < 4.78 is 2.27. The van der Waals surface area contributed by atoms with Crippen LogP contribution in [0.1, 0.15) is 23.7 Å². The van der Waals surface area contributed by atoms with Gasteiger partial charge in [-0.25, -0.2) is 0 Å². The van der Waals surface area contributed by atoms with E-state index in [1.807, 2.05) is 48.6 Å². The maximum Gasteiger partial charge on any atom is 0.0614 e. The van der Waals surface area contributed by atoms with E-state index >= 15 is 0 Å². The van der Waals surface area contributed by atoms with E-state index in [-0.39, 0.29) is 0 Å². The molecule has 0 N–H and O–H groups in total. The monoisotopic (exact) mass is 401 g/mol. The molecule has 0 aliphatic heterocycles. The zero-order valence-corrected chi connectivity index (χ0v) is 18.1. The highest BCUT2D eigenvalue weighted by atomic mass is 14.9. The van der Waals surface area contributed by atoms with Crippen LogP contribution in [0.4, 0.5) is 0 Å². The van der Waals surface area contributed by atoms with Crippen LogP contribution < -0.4 is 15.7 Å². The van der Waals surface area contributed by atoms with E-state index in [2.05, 4.69) is 74.6 Å². The molecule has 1 atom stereocenters. The molecule has 152 valence electrons. The van der Waals surface area contributed by atoms with E-state index in [0.29, 0.717) is 5.92 Å². The molecule has 0 fully saturated rings. The summed E-state index contributed by atoms with van der Waals surface area (Å²) in [6.45, 7) is 23.6. The van der Waals surface area contributed by atoms with Gasteiger partial charge in [-0.05, 0) is 34.1 Å². The van der Waals surface area contributed by atoms with E-state index in [1.54, 1.807) is 0 Å². The quantitative estimate of drug-likeness (QED) is 0.500. The lowest BCUT2D eigenvalue weighted by Gasteiger charge is -2.06. The Morgan fingerprint density at radius 3 is 2.45 bits per heavy atom. The fourth-order valence-electron chi connectivity index (χ4n) is 4.23. The first-order valence-electron chi connectivity index (χ1n) is 10.4. The Balaban J connectivity index is 2.33. The largest absolute Gasteiger partial charge is 0.308 e. The molecule has 2 heterocycles. The molecule has 0 saturated carbocycles. The number of nitrogens with zero attached hydrogens (tertiary/aromatic N) is 1. The van der Waals surface area contributed by atoms with Crippen molar-refractivity contribution in [1.29, 1.82) is 0 Å². The maximum absolute atomic E-state index is 4.48. The first kappa shape index (κ1) is 20.4. The number of allylic oxidation sites excluding steroid dienone is 6. The Hall–Kier alpha value is -3.84. The van der Waals surface area contributed by atoms with Gasteiger partial charge in [-0.2, -0.15) is 0 Å². The number of hydrogen-bond donors (Lipinski definition) is 0. The minimum Gasteiger partial charge on any atom is -0.308 e. The lowest BCUT2D eigenvalue weighted by Crippen LogP contribution is -2.04. The second-order valence-electron chi connectivity index (χ2n) is 7.94. The molecule has 4 rings (SSSR count). The summed E-state index contributed by atoms with van der Waals surface area (Å²) in [6.07, 6.45) is 14.6.